The van der Waals surface area contributed by atoms with Gasteiger partial charge in [-0.05, 0) is 20.4 Å². The van der Waals surface area contributed by atoms with Crippen LogP contribution in [0.2, 0.25) is 0 Å². The summed E-state index contributed by atoms with van der Waals surface area (Å²) >= 11 is 1.64. The first-order valence-corrected chi connectivity index (χ1v) is 7.79. The first kappa shape index (κ1) is 14.9. The Kier molecular flexibility index (Phi) is 4.30. The largest absolute Gasteiger partial charge is 0.378 e. The number of aromatic nitrogens is 1. The minimum atomic E-state index is -0.169. The van der Waals surface area contributed by atoms with Crippen molar-refractivity contribution in [2.75, 3.05) is 20.2 Å². The number of ether oxygens (including phenoxy) is 1. The molecule has 0 amide bonds. The van der Waals surface area contributed by atoms with Crippen LogP contribution in [0, 0.1) is 5.41 Å². The second kappa shape index (κ2) is 5.48. The summed E-state index contributed by atoms with van der Waals surface area (Å²) in [6, 6.07) is 0. The molecule has 1 saturated carbocycles. The zero-order valence-corrected chi connectivity index (χ0v) is 13.2. The van der Waals surface area contributed by atoms with E-state index in [1.807, 2.05) is 12.4 Å². The van der Waals surface area contributed by atoms with Crippen LogP contribution in [0.1, 0.15) is 32.9 Å². The van der Waals surface area contributed by atoms with Gasteiger partial charge in [0.1, 0.15) is 0 Å². The van der Waals surface area contributed by atoms with Crippen molar-refractivity contribution >= 4 is 11.3 Å². The van der Waals surface area contributed by atoms with Gasteiger partial charge >= 0.3 is 0 Å². The quantitative estimate of drug-likeness (QED) is 0.869. The molecule has 1 heterocycles. The van der Waals surface area contributed by atoms with E-state index in [-0.39, 0.29) is 17.1 Å². The smallest absolute Gasteiger partial charge is 0.0795 e. The van der Waals surface area contributed by atoms with Crippen molar-refractivity contribution < 1.29 is 4.74 Å². The Morgan fingerprint density at radius 1 is 1.58 bits per heavy atom. The summed E-state index contributed by atoms with van der Waals surface area (Å²) in [5, 5.41) is 2.09. The lowest BCUT2D eigenvalue weighted by Gasteiger charge is -2.60. The molecule has 108 valence electrons. The summed E-state index contributed by atoms with van der Waals surface area (Å²) in [5.74, 6) is 0. The molecule has 2 N–H and O–H groups in total. The van der Waals surface area contributed by atoms with Gasteiger partial charge in [0.05, 0.1) is 17.3 Å². The highest BCUT2D eigenvalue weighted by atomic mass is 32.1. The second-order valence-corrected chi connectivity index (χ2v) is 6.90. The third kappa shape index (κ3) is 2.84. The summed E-state index contributed by atoms with van der Waals surface area (Å²) in [5.41, 5.74) is 9.44. The summed E-state index contributed by atoms with van der Waals surface area (Å²) in [6.07, 6.45) is 1.23. The highest BCUT2D eigenvalue weighted by Gasteiger charge is 2.58. The van der Waals surface area contributed by atoms with Crippen molar-refractivity contribution in [1.29, 1.82) is 0 Å². The molecule has 1 fully saturated rings. The van der Waals surface area contributed by atoms with E-state index in [9.17, 15) is 0 Å². The van der Waals surface area contributed by atoms with E-state index in [4.69, 9.17) is 10.5 Å². The zero-order valence-electron chi connectivity index (χ0n) is 12.3. The lowest BCUT2D eigenvalue weighted by molar-refractivity contribution is -0.155. The van der Waals surface area contributed by atoms with Crippen LogP contribution in [0.15, 0.2) is 10.9 Å². The number of nitrogens with two attached hydrogens (primary N) is 1. The van der Waals surface area contributed by atoms with E-state index >= 15 is 0 Å². The monoisotopic (exact) mass is 283 g/mol. The average molecular weight is 283 g/mol. The van der Waals surface area contributed by atoms with E-state index < -0.39 is 0 Å². The van der Waals surface area contributed by atoms with Crippen molar-refractivity contribution in [3.63, 3.8) is 0 Å². The second-order valence-electron chi connectivity index (χ2n) is 6.18. The Morgan fingerprint density at radius 3 is 2.84 bits per heavy atom. The van der Waals surface area contributed by atoms with Gasteiger partial charge in [0.25, 0.3) is 0 Å². The molecule has 2 atom stereocenters. The normalized spacial score (nSPS) is 29.5. The van der Waals surface area contributed by atoms with Crippen LogP contribution in [-0.2, 0) is 11.3 Å². The molecule has 1 aliphatic rings. The van der Waals surface area contributed by atoms with Crippen LogP contribution < -0.4 is 5.73 Å². The molecule has 1 aliphatic carbocycles. The number of thiazole rings is 1. The maximum Gasteiger partial charge on any atom is 0.0795 e. The SMILES string of the molecule is CCOC1CC(N)(CN(C)Cc2cscn2)C1(C)C. The molecule has 0 aliphatic heterocycles. The molecule has 0 aromatic carbocycles. The maximum absolute atomic E-state index is 6.59. The van der Waals surface area contributed by atoms with Crippen LogP contribution in [0.4, 0.5) is 0 Å². The fourth-order valence-electron chi connectivity index (χ4n) is 2.91. The van der Waals surface area contributed by atoms with Gasteiger partial charge in [-0.15, -0.1) is 11.3 Å². The molecule has 1 aromatic heterocycles. The summed E-state index contributed by atoms with van der Waals surface area (Å²) in [4.78, 5) is 6.59. The van der Waals surface area contributed by atoms with Gasteiger partial charge in [0, 0.05) is 36.0 Å². The number of nitrogens with zero attached hydrogens (tertiary/aromatic N) is 2. The van der Waals surface area contributed by atoms with Gasteiger partial charge in [0.2, 0.25) is 0 Å². The molecular formula is C14H25N3OS. The Morgan fingerprint density at radius 2 is 2.32 bits per heavy atom. The molecule has 19 heavy (non-hydrogen) atoms. The third-order valence-corrected chi connectivity index (χ3v) is 5.11. The van der Waals surface area contributed by atoms with Crippen LogP contribution in [-0.4, -0.2) is 41.7 Å². The molecular weight excluding hydrogens is 258 g/mol. The fraction of sp³-hybridized carbons (Fsp3) is 0.786. The average Bonchev–Trinajstić information content (AvgIpc) is 2.81. The number of hydrogen-bond acceptors (Lipinski definition) is 5. The van der Waals surface area contributed by atoms with Crippen molar-refractivity contribution in [3.8, 4) is 0 Å². The Labute approximate surface area is 120 Å². The number of rotatable bonds is 6. The maximum atomic E-state index is 6.59. The Bertz CT molecular complexity index is 407. The Hall–Kier alpha value is -0.490. The van der Waals surface area contributed by atoms with E-state index in [1.54, 1.807) is 11.3 Å². The number of likely N-dealkylation sites (N-methyl/N-ethyl adjacent to an activating group) is 1. The standard InChI is InChI=1S/C14H25N3OS/c1-5-18-12-6-14(15,13(12,2)3)9-17(4)7-11-8-19-10-16-11/h8,10,12H,5-7,9,15H2,1-4H3. The minimum Gasteiger partial charge on any atom is -0.378 e. The minimum absolute atomic E-state index is 0.0271. The predicted molar refractivity (Wildman–Crippen MR) is 79.2 cm³/mol. The van der Waals surface area contributed by atoms with Gasteiger partial charge in [-0.25, -0.2) is 4.98 Å². The summed E-state index contributed by atoms with van der Waals surface area (Å²) in [6.45, 7) is 8.97. The molecule has 0 bridgehead atoms. The first-order chi connectivity index (χ1) is 8.89. The lowest BCUT2D eigenvalue weighted by Crippen LogP contribution is -2.73. The van der Waals surface area contributed by atoms with Gasteiger partial charge in [-0.2, -0.15) is 0 Å². The highest BCUT2D eigenvalue weighted by molar-refractivity contribution is 7.07. The van der Waals surface area contributed by atoms with Crippen molar-refractivity contribution in [2.24, 2.45) is 11.1 Å². The van der Waals surface area contributed by atoms with E-state index in [2.05, 4.69) is 36.2 Å². The van der Waals surface area contributed by atoms with Crippen molar-refractivity contribution in [3.05, 3.63) is 16.6 Å². The van der Waals surface area contributed by atoms with Gasteiger partial charge in [0.15, 0.2) is 0 Å². The van der Waals surface area contributed by atoms with Gasteiger partial charge in [-0.3, -0.25) is 4.90 Å². The van der Waals surface area contributed by atoms with E-state index in [0.717, 1.165) is 31.8 Å². The molecule has 2 rings (SSSR count). The van der Waals surface area contributed by atoms with Crippen LogP contribution in [0.5, 0.6) is 0 Å². The third-order valence-electron chi connectivity index (χ3n) is 4.47. The molecule has 5 heteroatoms. The highest BCUT2D eigenvalue weighted by Crippen LogP contribution is 2.50. The predicted octanol–water partition coefficient (Wildman–Crippen LogP) is 2.11. The molecule has 0 radical (unpaired) electrons. The summed E-state index contributed by atoms with van der Waals surface area (Å²) in [7, 11) is 2.11. The fourth-order valence-corrected chi connectivity index (χ4v) is 3.45. The van der Waals surface area contributed by atoms with Crippen molar-refractivity contribution in [2.45, 2.75) is 45.4 Å². The van der Waals surface area contributed by atoms with Gasteiger partial charge < -0.3 is 10.5 Å². The topological polar surface area (TPSA) is 51.4 Å². The summed E-state index contributed by atoms with van der Waals surface area (Å²) < 4.78 is 5.77. The zero-order chi connectivity index (χ0) is 14.1. The lowest BCUT2D eigenvalue weighted by atomic mass is 9.54. The van der Waals surface area contributed by atoms with Crippen LogP contribution in [0.3, 0.4) is 0 Å². The van der Waals surface area contributed by atoms with Crippen molar-refractivity contribution in [1.82, 2.24) is 9.88 Å². The molecule has 1 aromatic rings. The molecule has 4 nitrogen and oxygen atoms in total. The molecule has 2 unspecified atom stereocenters. The van der Waals surface area contributed by atoms with E-state index in [1.165, 1.54) is 0 Å². The van der Waals surface area contributed by atoms with E-state index in [0.29, 0.717) is 0 Å². The van der Waals surface area contributed by atoms with Crippen LogP contribution >= 0.6 is 11.3 Å². The van der Waals surface area contributed by atoms with Crippen LogP contribution in [0.25, 0.3) is 0 Å². The molecule has 0 saturated heterocycles. The first-order valence-electron chi connectivity index (χ1n) is 6.85. The number of hydrogen-bond donors (Lipinski definition) is 1. The molecule has 0 spiro atoms. The van der Waals surface area contributed by atoms with Gasteiger partial charge in [-0.1, -0.05) is 13.8 Å². The Balaban J connectivity index is 1.92.